The number of nitrogens with zero attached hydrogens (tertiary/aromatic N) is 4. The molecule has 0 aliphatic rings. The first-order chi connectivity index (χ1) is 5.79. The molecule has 4 nitrogen and oxygen atoms in total. The van der Waals surface area contributed by atoms with Gasteiger partial charge in [-0.3, -0.25) is 0 Å². The summed E-state index contributed by atoms with van der Waals surface area (Å²) in [6.45, 7) is 0. The average molecular weight is 230 g/mol. The zero-order valence-electron chi connectivity index (χ0n) is 7.96. The SMILES string of the molecule is Cn1ccnc1.Cn1ccnc1.[Zn]. The van der Waals surface area contributed by atoms with E-state index in [4.69, 9.17) is 0 Å². The van der Waals surface area contributed by atoms with E-state index in [1.807, 2.05) is 35.6 Å². The van der Waals surface area contributed by atoms with Crippen molar-refractivity contribution in [3.8, 4) is 0 Å². The zero-order chi connectivity index (χ0) is 8.81. The van der Waals surface area contributed by atoms with E-state index in [0.717, 1.165) is 0 Å². The van der Waals surface area contributed by atoms with Crippen molar-refractivity contribution in [3.63, 3.8) is 0 Å². The number of imidazole rings is 2. The van der Waals surface area contributed by atoms with Gasteiger partial charge in [-0.05, 0) is 0 Å². The van der Waals surface area contributed by atoms with Gasteiger partial charge >= 0.3 is 0 Å². The zero-order valence-corrected chi connectivity index (χ0v) is 10.9. The van der Waals surface area contributed by atoms with Crippen LogP contribution in [-0.2, 0) is 33.6 Å². The summed E-state index contributed by atoms with van der Waals surface area (Å²) in [6, 6.07) is 0. The Morgan fingerprint density at radius 2 is 1.23 bits per heavy atom. The molecule has 0 bridgehead atoms. The fourth-order valence-corrected chi connectivity index (χ4v) is 0.652. The maximum Gasteiger partial charge on any atom is 0.0943 e. The molecule has 2 rings (SSSR count). The van der Waals surface area contributed by atoms with Crippen molar-refractivity contribution in [2.24, 2.45) is 14.1 Å². The molecule has 66 valence electrons. The number of aryl methyl sites for hydroxylation is 2. The van der Waals surface area contributed by atoms with Gasteiger partial charge in [0.2, 0.25) is 0 Å². The van der Waals surface area contributed by atoms with Gasteiger partial charge in [-0.25, -0.2) is 9.97 Å². The van der Waals surface area contributed by atoms with Crippen LogP contribution >= 0.6 is 0 Å². The summed E-state index contributed by atoms with van der Waals surface area (Å²) < 4.78 is 3.78. The van der Waals surface area contributed by atoms with Crippen LogP contribution in [-0.4, -0.2) is 19.1 Å². The molecule has 0 amide bonds. The molecule has 2 aromatic heterocycles. The van der Waals surface area contributed by atoms with Crippen molar-refractivity contribution in [3.05, 3.63) is 37.4 Å². The minimum Gasteiger partial charge on any atom is -0.341 e. The molecule has 5 heteroatoms. The van der Waals surface area contributed by atoms with Gasteiger partial charge in [0.25, 0.3) is 0 Å². The Hall–Kier alpha value is -0.957. The van der Waals surface area contributed by atoms with Crippen LogP contribution in [0.15, 0.2) is 37.4 Å². The Bertz CT molecular complexity index is 256. The molecule has 0 fully saturated rings. The molecule has 0 saturated heterocycles. The minimum absolute atomic E-state index is 0. The van der Waals surface area contributed by atoms with Crippen LogP contribution in [0.4, 0.5) is 0 Å². The van der Waals surface area contributed by atoms with E-state index in [0.29, 0.717) is 0 Å². The predicted octanol–water partition coefficient (Wildman–Crippen LogP) is 0.838. The third-order valence-electron chi connectivity index (χ3n) is 1.27. The molecule has 2 aromatic rings. The van der Waals surface area contributed by atoms with Crippen molar-refractivity contribution in [1.29, 1.82) is 0 Å². The molecular formula is C8H12N4Zn. The molecule has 0 saturated carbocycles. The number of hydrogen-bond donors (Lipinski definition) is 0. The summed E-state index contributed by atoms with van der Waals surface area (Å²) in [6.07, 6.45) is 10.8. The molecular weight excluding hydrogens is 218 g/mol. The van der Waals surface area contributed by atoms with Gasteiger partial charge in [-0.2, -0.15) is 0 Å². The molecule has 2 heterocycles. The average Bonchev–Trinajstić information content (AvgIpc) is 2.63. The van der Waals surface area contributed by atoms with Gasteiger partial charge in [0.15, 0.2) is 0 Å². The van der Waals surface area contributed by atoms with Gasteiger partial charge in [0.1, 0.15) is 0 Å². The van der Waals surface area contributed by atoms with Gasteiger partial charge in [0.05, 0.1) is 12.7 Å². The topological polar surface area (TPSA) is 35.6 Å². The second-order valence-electron chi connectivity index (χ2n) is 2.46. The largest absolute Gasteiger partial charge is 0.341 e. The van der Waals surface area contributed by atoms with Crippen molar-refractivity contribution in [2.45, 2.75) is 0 Å². The standard InChI is InChI=1S/2C4H6N2.Zn/c2*1-6-3-2-5-4-6;/h2*2-4H,1H3;. The first-order valence-corrected chi connectivity index (χ1v) is 3.63. The van der Waals surface area contributed by atoms with Crippen LogP contribution in [0.25, 0.3) is 0 Å². The monoisotopic (exact) mass is 228 g/mol. The summed E-state index contributed by atoms with van der Waals surface area (Å²) in [4.78, 5) is 7.57. The van der Waals surface area contributed by atoms with E-state index in [9.17, 15) is 0 Å². The van der Waals surface area contributed by atoms with Gasteiger partial charge < -0.3 is 9.13 Å². The maximum atomic E-state index is 3.78. The summed E-state index contributed by atoms with van der Waals surface area (Å²) in [7, 11) is 3.88. The van der Waals surface area contributed by atoms with E-state index >= 15 is 0 Å². The van der Waals surface area contributed by atoms with Crippen LogP contribution in [0.2, 0.25) is 0 Å². The summed E-state index contributed by atoms with van der Waals surface area (Å²) >= 11 is 0. The quantitative estimate of drug-likeness (QED) is 0.628. The second kappa shape index (κ2) is 6.55. The molecule has 0 atom stereocenters. The summed E-state index contributed by atoms with van der Waals surface area (Å²) in [5.74, 6) is 0. The van der Waals surface area contributed by atoms with Crippen molar-refractivity contribution in [1.82, 2.24) is 19.1 Å². The molecule has 0 aliphatic carbocycles. The van der Waals surface area contributed by atoms with E-state index in [2.05, 4.69) is 9.97 Å². The van der Waals surface area contributed by atoms with E-state index < -0.39 is 0 Å². The summed E-state index contributed by atoms with van der Waals surface area (Å²) in [5.41, 5.74) is 0. The van der Waals surface area contributed by atoms with Crippen LogP contribution < -0.4 is 0 Å². The Balaban J connectivity index is 0.000000206. The molecule has 0 aromatic carbocycles. The van der Waals surface area contributed by atoms with Gasteiger partial charge in [-0.15, -0.1) is 0 Å². The number of rotatable bonds is 0. The number of hydrogen-bond acceptors (Lipinski definition) is 2. The Morgan fingerprint density at radius 3 is 1.31 bits per heavy atom. The Kier molecular flexibility index (Phi) is 6.07. The normalized spacial score (nSPS) is 8.15. The van der Waals surface area contributed by atoms with Gasteiger partial charge in [0, 0.05) is 58.4 Å². The Labute approximate surface area is 90.4 Å². The van der Waals surface area contributed by atoms with E-state index in [1.165, 1.54) is 0 Å². The van der Waals surface area contributed by atoms with Crippen LogP contribution in [0.5, 0.6) is 0 Å². The van der Waals surface area contributed by atoms with Crippen molar-refractivity contribution in [2.75, 3.05) is 0 Å². The van der Waals surface area contributed by atoms with Crippen LogP contribution in [0, 0.1) is 0 Å². The van der Waals surface area contributed by atoms with Crippen LogP contribution in [0.3, 0.4) is 0 Å². The smallest absolute Gasteiger partial charge is 0.0943 e. The Morgan fingerprint density at radius 1 is 0.846 bits per heavy atom. The van der Waals surface area contributed by atoms with Crippen LogP contribution in [0.1, 0.15) is 0 Å². The van der Waals surface area contributed by atoms with E-state index in [-0.39, 0.29) is 19.5 Å². The fourth-order valence-electron chi connectivity index (χ4n) is 0.652. The third-order valence-corrected chi connectivity index (χ3v) is 1.27. The molecule has 0 radical (unpaired) electrons. The molecule has 0 aliphatic heterocycles. The molecule has 0 unspecified atom stereocenters. The first kappa shape index (κ1) is 12.0. The molecule has 0 spiro atoms. The second-order valence-corrected chi connectivity index (χ2v) is 2.46. The summed E-state index contributed by atoms with van der Waals surface area (Å²) in [5, 5.41) is 0. The van der Waals surface area contributed by atoms with Gasteiger partial charge in [-0.1, -0.05) is 0 Å². The maximum absolute atomic E-state index is 3.78. The predicted molar refractivity (Wildman–Crippen MR) is 46.4 cm³/mol. The number of aromatic nitrogens is 4. The third kappa shape index (κ3) is 5.31. The minimum atomic E-state index is 0. The molecule has 13 heavy (non-hydrogen) atoms. The fraction of sp³-hybridized carbons (Fsp3) is 0.250. The first-order valence-electron chi connectivity index (χ1n) is 3.63. The van der Waals surface area contributed by atoms with E-state index in [1.54, 1.807) is 25.0 Å². The molecule has 0 N–H and O–H groups in total. The van der Waals surface area contributed by atoms with Crippen molar-refractivity contribution < 1.29 is 19.5 Å². The van der Waals surface area contributed by atoms with Crippen molar-refractivity contribution >= 4 is 0 Å².